The predicted octanol–water partition coefficient (Wildman–Crippen LogP) is 1.99. The third kappa shape index (κ3) is 5.11. The van der Waals surface area contributed by atoms with Crippen LogP contribution in [0.4, 0.5) is 0 Å². The molecule has 0 saturated heterocycles. The monoisotopic (exact) mass is 228 g/mol. The van der Waals surface area contributed by atoms with Gasteiger partial charge in [0.1, 0.15) is 0 Å². The number of halogens is 1. The van der Waals surface area contributed by atoms with Crippen LogP contribution in [0.2, 0.25) is 5.02 Å². The highest BCUT2D eigenvalue weighted by Gasteiger charge is 2.01. The molecule has 1 aromatic rings. The summed E-state index contributed by atoms with van der Waals surface area (Å²) in [5.41, 5.74) is 0.982. The predicted molar refractivity (Wildman–Crippen MR) is 61.9 cm³/mol. The first-order valence-electron chi connectivity index (χ1n) is 5.17. The maximum absolute atomic E-state index is 8.68. The van der Waals surface area contributed by atoms with Crippen LogP contribution >= 0.6 is 11.6 Å². The van der Waals surface area contributed by atoms with Gasteiger partial charge in [0.2, 0.25) is 0 Å². The summed E-state index contributed by atoms with van der Waals surface area (Å²) >= 11 is 5.73. The molecule has 0 radical (unpaired) electrons. The van der Waals surface area contributed by atoms with E-state index in [9.17, 15) is 0 Å². The molecule has 1 aromatic heterocycles. The van der Waals surface area contributed by atoms with Crippen molar-refractivity contribution in [2.45, 2.75) is 32.4 Å². The molecule has 0 bridgehead atoms. The molecular weight excluding hydrogens is 212 g/mol. The Bertz CT molecular complexity index is 276. The number of aliphatic hydroxyl groups is 1. The molecule has 0 aliphatic carbocycles. The van der Waals surface area contributed by atoms with Gasteiger partial charge in [-0.1, -0.05) is 11.6 Å². The molecule has 0 saturated carbocycles. The minimum absolute atomic E-state index is 0.255. The van der Waals surface area contributed by atoms with Crippen molar-refractivity contribution in [2.75, 3.05) is 6.61 Å². The van der Waals surface area contributed by atoms with E-state index < -0.39 is 0 Å². The van der Waals surface area contributed by atoms with Gasteiger partial charge in [0, 0.05) is 25.4 Å². The normalized spacial score (nSPS) is 12.7. The van der Waals surface area contributed by atoms with Gasteiger partial charge in [-0.2, -0.15) is 0 Å². The lowest BCUT2D eigenvalue weighted by Gasteiger charge is -2.12. The number of pyridine rings is 1. The van der Waals surface area contributed by atoms with Gasteiger partial charge in [-0.25, -0.2) is 0 Å². The van der Waals surface area contributed by atoms with Gasteiger partial charge < -0.3 is 10.4 Å². The molecule has 0 aliphatic heterocycles. The summed E-state index contributed by atoms with van der Waals surface area (Å²) < 4.78 is 0. The highest BCUT2D eigenvalue weighted by molar-refractivity contribution is 6.30. The second-order valence-corrected chi connectivity index (χ2v) is 4.05. The lowest BCUT2D eigenvalue weighted by molar-refractivity contribution is 0.276. The van der Waals surface area contributed by atoms with Crippen LogP contribution in [-0.2, 0) is 6.54 Å². The Morgan fingerprint density at radius 2 is 2.33 bits per heavy atom. The number of rotatable bonds is 6. The number of nitrogens with one attached hydrogen (secondary N) is 1. The van der Waals surface area contributed by atoms with Crippen LogP contribution < -0.4 is 5.32 Å². The summed E-state index contributed by atoms with van der Waals surface area (Å²) in [6.07, 6.45) is 3.46. The van der Waals surface area contributed by atoms with Crippen LogP contribution in [0.1, 0.15) is 25.5 Å². The fraction of sp³-hybridized carbons (Fsp3) is 0.545. The lowest BCUT2D eigenvalue weighted by Crippen LogP contribution is -2.26. The SMILES string of the molecule is CC(CCCO)NCc1ccc(Cl)cn1. The third-order valence-corrected chi connectivity index (χ3v) is 2.44. The molecule has 1 unspecified atom stereocenters. The Morgan fingerprint density at radius 3 is 2.93 bits per heavy atom. The van der Waals surface area contributed by atoms with E-state index in [0.717, 1.165) is 25.1 Å². The lowest BCUT2D eigenvalue weighted by atomic mass is 10.2. The van der Waals surface area contributed by atoms with Crippen LogP contribution in [0, 0.1) is 0 Å². The third-order valence-electron chi connectivity index (χ3n) is 2.22. The maximum Gasteiger partial charge on any atom is 0.0589 e. The largest absolute Gasteiger partial charge is 0.396 e. The molecule has 84 valence electrons. The number of hydrogen-bond donors (Lipinski definition) is 2. The Hall–Kier alpha value is -0.640. The molecule has 15 heavy (non-hydrogen) atoms. The molecule has 0 fully saturated rings. The molecule has 0 amide bonds. The van der Waals surface area contributed by atoms with Crippen molar-refractivity contribution in [3.05, 3.63) is 29.0 Å². The Labute approximate surface area is 95.5 Å². The quantitative estimate of drug-likeness (QED) is 0.783. The summed E-state index contributed by atoms with van der Waals surface area (Å²) in [5.74, 6) is 0. The van der Waals surface area contributed by atoms with Crippen molar-refractivity contribution in [3.63, 3.8) is 0 Å². The van der Waals surface area contributed by atoms with Crippen LogP contribution in [0.5, 0.6) is 0 Å². The number of hydrogen-bond acceptors (Lipinski definition) is 3. The highest BCUT2D eigenvalue weighted by atomic mass is 35.5. The first kappa shape index (κ1) is 12.4. The number of aliphatic hydroxyl groups excluding tert-OH is 1. The van der Waals surface area contributed by atoms with E-state index in [1.165, 1.54) is 0 Å². The van der Waals surface area contributed by atoms with Gasteiger partial charge in [0.25, 0.3) is 0 Å². The van der Waals surface area contributed by atoms with Crippen molar-refractivity contribution in [1.82, 2.24) is 10.3 Å². The minimum Gasteiger partial charge on any atom is -0.396 e. The van der Waals surface area contributed by atoms with Crippen molar-refractivity contribution >= 4 is 11.6 Å². The molecular formula is C11H17ClN2O. The van der Waals surface area contributed by atoms with Gasteiger partial charge in [0.15, 0.2) is 0 Å². The first-order chi connectivity index (χ1) is 7.22. The fourth-order valence-electron chi connectivity index (χ4n) is 1.29. The van der Waals surface area contributed by atoms with Crippen molar-refractivity contribution in [2.24, 2.45) is 0 Å². The van der Waals surface area contributed by atoms with E-state index >= 15 is 0 Å². The van der Waals surface area contributed by atoms with E-state index in [-0.39, 0.29) is 6.61 Å². The zero-order valence-corrected chi connectivity index (χ0v) is 9.67. The van der Waals surface area contributed by atoms with Crippen molar-refractivity contribution in [3.8, 4) is 0 Å². The Balaban J connectivity index is 2.27. The molecule has 3 nitrogen and oxygen atoms in total. The molecule has 0 spiro atoms. The van der Waals surface area contributed by atoms with Crippen LogP contribution in [-0.4, -0.2) is 22.7 Å². The van der Waals surface area contributed by atoms with Gasteiger partial charge in [-0.05, 0) is 31.9 Å². The van der Waals surface area contributed by atoms with E-state index in [1.807, 2.05) is 12.1 Å². The van der Waals surface area contributed by atoms with Crippen LogP contribution in [0.25, 0.3) is 0 Å². The van der Waals surface area contributed by atoms with Gasteiger partial charge in [-0.3, -0.25) is 4.98 Å². The average molecular weight is 229 g/mol. The van der Waals surface area contributed by atoms with Crippen LogP contribution in [0.3, 0.4) is 0 Å². The molecule has 1 rings (SSSR count). The molecule has 1 atom stereocenters. The number of aromatic nitrogens is 1. The summed E-state index contributed by atoms with van der Waals surface area (Å²) in [5, 5.41) is 12.7. The van der Waals surface area contributed by atoms with Crippen molar-refractivity contribution in [1.29, 1.82) is 0 Å². The van der Waals surface area contributed by atoms with E-state index in [4.69, 9.17) is 16.7 Å². The number of nitrogens with zero attached hydrogens (tertiary/aromatic N) is 1. The zero-order valence-electron chi connectivity index (χ0n) is 8.91. The minimum atomic E-state index is 0.255. The second kappa shape index (κ2) is 6.77. The molecule has 4 heteroatoms. The van der Waals surface area contributed by atoms with Gasteiger partial charge in [0.05, 0.1) is 10.7 Å². The van der Waals surface area contributed by atoms with E-state index in [2.05, 4.69) is 17.2 Å². The summed E-state index contributed by atoms with van der Waals surface area (Å²) in [6.45, 7) is 3.10. The zero-order chi connectivity index (χ0) is 11.1. The highest BCUT2D eigenvalue weighted by Crippen LogP contribution is 2.06. The summed E-state index contributed by atoms with van der Waals surface area (Å²) in [6, 6.07) is 4.15. The molecule has 0 aromatic carbocycles. The smallest absolute Gasteiger partial charge is 0.0589 e. The molecule has 0 aliphatic rings. The second-order valence-electron chi connectivity index (χ2n) is 3.62. The molecule has 2 N–H and O–H groups in total. The standard InChI is InChI=1S/C11H17ClN2O/c1-9(3-2-6-15)13-8-11-5-4-10(12)7-14-11/h4-5,7,9,13,15H,2-3,6,8H2,1H3. The molecule has 1 heterocycles. The van der Waals surface area contributed by atoms with Crippen LogP contribution in [0.15, 0.2) is 18.3 Å². The van der Waals surface area contributed by atoms with Crippen molar-refractivity contribution < 1.29 is 5.11 Å². The maximum atomic E-state index is 8.68. The topological polar surface area (TPSA) is 45.1 Å². The summed E-state index contributed by atoms with van der Waals surface area (Å²) in [4.78, 5) is 4.19. The van der Waals surface area contributed by atoms with Gasteiger partial charge in [-0.15, -0.1) is 0 Å². The average Bonchev–Trinajstić information content (AvgIpc) is 2.25. The first-order valence-corrected chi connectivity index (χ1v) is 5.55. The Kier molecular flexibility index (Phi) is 5.61. The summed E-state index contributed by atoms with van der Waals surface area (Å²) in [7, 11) is 0. The fourth-order valence-corrected chi connectivity index (χ4v) is 1.40. The van der Waals surface area contributed by atoms with E-state index in [1.54, 1.807) is 6.20 Å². The van der Waals surface area contributed by atoms with E-state index in [0.29, 0.717) is 11.1 Å². The van der Waals surface area contributed by atoms with Gasteiger partial charge >= 0.3 is 0 Å². The Morgan fingerprint density at radius 1 is 1.53 bits per heavy atom.